The second kappa shape index (κ2) is 8.61. The number of hydrogen-bond donors (Lipinski definition) is 0. The maximum absolute atomic E-state index is 13.2. The highest BCUT2D eigenvalue weighted by Gasteiger charge is 2.26. The quantitative estimate of drug-likeness (QED) is 0.662. The molecule has 1 amide bonds. The van der Waals surface area contributed by atoms with Crippen LogP contribution in [0.5, 0.6) is 0 Å². The van der Waals surface area contributed by atoms with Gasteiger partial charge >= 0.3 is 0 Å². The van der Waals surface area contributed by atoms with Crippen molar-refractivity contribution in [2.24, 2.45) is 0 Å². The van der Waals surface area contributed by atoms with Crippen molar-refractivity contribution in [3.05, 3.63) is 82.9 Å². The van der Waals surface area contributed by atoms with Crippen LogP contribution in [0.1, 0.15) is 32.4 Å². The molecule has 0 N–H and O–H groups in total. The Hall–Kier alpha value is -3.28. The number of carbonyl (C=O) groups is 1. The second-order valence-electron chi connectivity index (χ2n) is 6.96. The third kappa shape index (κ3) is 4.34. The van der Waals surface area contributed by atoms with Crippen molar-refractivity contribution in [3.63, 3.8) is 0 Å². The molecule has 0 bridgehead atoms. The molecule has 0 aliphatic carbocycles. The number of rotatable bonds is 6. The van der Waals surface area contributed by atoms with E-state index in [1.165, 1.54) is 10.7 Å². The van der Waals surface area contributed by atoms with Crippen molar-refractivity contribution in [2.45, 2.75) is 39.4 Å². The summed E-state index contributed by atoms with van der Waals surface area (Å²) in [6.07, 6.45) is 3.36. The summed E-state index contributed by atoms with van der Waals surface area (Å²) in [6.45, 7) is 6.13. The fourth-order valence-corrected chi connectivity index (χ4v) is 3.01. The first-order valence-corrected chi connectivity index (χ1v) is 9.32. The van der Waals surface area contributed by atoms with Gasteiger partial charge in [-0.05, 0) is 44.5 Å². The van der Waals surface area contributed by atoms with Gasteiger partial charge in [0, 0.05) is 36.6 Å². The van der Waals surface area contributed by atoms with Gasteiger partial charge in [0.25, 0.3) is 5.56 Å². The van der Waals surface area contributed by atoms with Crippen molar-refractivity contribution in [2.75, 3.05) is 0 Å². The molecule has 0 saturated carbocycles. The molecule has 3 aromatic rings. The number of amides is 1. The molecule has 1 aromatic carbocycles. The first-order valence-electron chi connectivity index (χ1n) is 9.32. The van der Waals surface area contributed by atoms with E-state index >= 15 is 0 Å². The molecule has 28 heavy (non-hydrogen) atoms. The molecule has 6 nitrogen and oxygen atoms in total. The van der Waals surface area contributed by atoms with Gasteiger partial charge in [-0.2, -0.15) is 5.10 Å². The normalized spacial score (nSPS) is 12.0. The summed E-state index contributed by atoms with van der Waals surface area (Å²) in [4.78, 5) is 31.5. The molecule has 6 heteroatoms. The molecule has 3 rings (SSSR count). The van der Waals surface area contributed by atoms with Crippen molar-refractivity contribution in [1.29, 1.82) is 0 Å². The summed E-state index contributed by atoms with van der Waals surface area (Å²) >= 11 is 0. The number of nitrogens with zero attached hydrogens (tertiary/aromatic N) is 4. The lowest BCUT2D eigenvalue weighted by Crippen LogP contribution is -2.43. The van der Waals surface area contributed by atoms with Crippen LogP contribution < -0.4 is 5.56 Å². The Balaban J connectivity index is 1.90. The maximum atomic E-state index is 13.2. The van der Waals surface area contributed by atoms with Crippen LogP contribution in [0.3, 0.4) is 0 Å². The fourth-order valence-electron chi connectivity index (χ4n) is 3.01. The van der Waals surface area contributed by atoms with Gasteiger partial charge in [-0.15, -0.1) is 0 Å². The van der Waals surface area contributed by atoms with Crippen molar-refractivity contribution < 1.29 is 4.79 Å². The van der Waals surface area contributed by atoms with Gasteiger partial charge in [-0.3, -0.25) is 14.6 Å². The molecule has 0 radical (unpaired) electrons. The van der Waals surface area contributed by atoms with Crippen LogP contribution in [0.25, 0.3) is 11.3 Å². The van der Waals surface area contributed by atoms with Crippen molar-refractivity contribution in [3.8, 4) is 11.3 Å². The van der Waals surface area contributed by atoms with E-state index in [9.17, 15) is 9.59 Å². The number of benzene rings is 1. The van der Waals surface area contributed by atoms with Crippen LogP contribution in [0.2, 0.25) is 0 Å². The Morgan fingerprint density at radius 2 is 1.79 bits per heavy atom. The van der Waals surface area contributed by atoms with E-state index in [-0.39, 0.29) is 17.5 Å². The molecule has 0 fully saturated rings. The summed E-state index contributed by atoms with van der Waals surface area (Å²) < 4.78 is 1.25. The summed E-state index contributed by atoms with van der Waals surface area (Å²) in [5.74, 6) is -0.142. The van der Waals surface area contributed by atoms with E-state index < -0.39 is 6.04 Å². The fraction of sp³-hybridized carbons (Fsp3) is 0.273. The number of pyridine rings is 1. The Bertz CT molecular complexity index is 984. The molecule has 0 aliphatic rings. The van der Waals surface area contributed by atoms with E-state index in [0.717, 1.165) is 11.1 Å². The Kier molecular flexibility index (Phi) is 5.99. The molecule has 1 atom stereocenters. The Morgan fingerprint density at radius 3 is 2.43 bits per heavy atom. The minimum Gasteiger partial charge on any atom is -0.334 e. The number of hydrogen-bond acceptors (Lipinski definition) is 4. The predicted octanol–water partition coefficient (Wildman–Crippen LogP) is 3.30. The molecule has 0 saturated heterocycles. The highest BCUT2D eigenvalue weighted by Crippen LogP contribution is 2.17. The Labute approximate surface area is 164 Å². The number of carbonyl (C=O) groups excluding carboxylic acids is 1. The average molecular weight is 376 g/mol. The lowest BCUT2D eigenvalue weighted by atomic mass is 10.1. The smallest absolute Gasteiger partial charge is 0.267 e. The zero-order valence-corrected chi connectivity index (χ0v) is 16.3. The summed E-state index contributed by atoms with van der Waals surface area (Å²) in [5.41, 5.74) is 2.13. The first-order chi connectivity index (χ1) is 13.5. The monoisotopic (exact) mass is 376 g/mol. The van der Waals surface area contributed by atoms with E-state index in [2.05, 4.69) is 10.1 Å². The summed E-state index contributed by atoms with van der Waals surface area (Å²) in [5, 5.41) is 4.43. The topological polar surface area (TPSA) is 68.1 Å². The van der Waals surface area contributed by atoms with Crippen LogP contribution in [0.4, 0.5) is 0 Å². The van der Waals surface area contributed by atoms with Crippen LogP contribution in [0.15, 0.2) is 71.8 Å². The molecule has 1 unspecified atom stereocenters. The van der Waals surface area contributed by atoms with Gasteiger partial charge in [0.05, 0.1) is 5.69 Å². The first kappa shape index (κ1) is 19.5. The summed E-state index contributed by atoms with van der Waals surface area (Å²) in [6, 6.07) is 15.9. The van der Waals surface area contributed by atoms with Gasteiger partial charge < -0.3 is 4.90 Å². The molecule has 144 valence electrons. The predicted molar refractivity (Wildman–Crippen MR) is 109 cm³/mol. The molecular formula is C22H24N4O2. The lowest BCUT2D eigenvalue weighted by Gasteiger charge is -2.30. The molecular weight excluding hydrogens is 352 g/mol. The number of aromatic nitrogens is 3. The van der Waals surface area contributed by atoms with Crippen LogP contribution in [-0.4, -0.2) is 31.6 Å². The van der Waals surface area contributed by atoms with Crippen molar-refractivity contribution in [1.82, 2.24) is 19.7 Å². The highest BCUT2D eigenvalue weighted by atomic mass is 16.2. The van der Waals surface area contributed by atoms with Gasteiger partial charge in [0.2, 0.25) is 5.91 Å². The van der Waals surface area contributed by atoms with Gasteiger partial charge in [0.15, 0.2) is 0 Å². The third-order valence-electron chi connectivity index (χ3n) is 4.61. The van der Waals surface area contributed by atoms with E-state index in [1.807, 2.05) is 50.2 Å². The van der Waals surface area contributed by atoms with Crippen molar-refractivity contribution >= 4 is 5.91 Å². The van der Waals surface area contributed by atoms with E-state index in [1.54, 1.807) is 36.4 Å². The van der Waals surface area contributed by atoms with E-state index in [4.69, 9.17) is 0 Å². The van der Waals surface area contributed by atoms with Crippen LogP contribution >= 0.6 is 0 Å². The zero-order chi connectivity index (χ0) is 20.1. The maximum Gasteiger partial charge on any atom is 0.267 e. The van der Waals surface area contributed by atoms with Gasteiger partial charge in [0.1, 0.15) is 6.04 Å². The average Bonchev–Trinajstić information content (AvgIpc) is 2.72. The minimum absolute atomic E-state index is 0.00707. The standard InChI is InChI=1S/C22H24N4O2/c1-16(2)25(15-18-8-5-4-6-9-18)22(28)17(3)26-21(27)12-11-20(24-26)19-10-7-13-23-14-19/h4-14,16-17H,15H2,1-3H3. The molecule has 2 aromatic heterocycles. The summed E-state index contributed by atoms with van der Waals surface area (Å²) in [7, 11) is 0. The SMILES string of the molecule is CC(C)N(Cc1ccccc1)C(=O)C(C)n1nc(-c2cccnc2)ccc1=O. The van der Waals surface area contributed by atoms with Gasteiger partial charge in [-0.25, -0.2) is 4.68 Å². The zero-order valence-electron chi connectivity index (χ0n) is 16.3. The highest BCUT2D eigenvalue weighted by molar-refractivity contribution is 5.80. The van der Waals surface area contributed by atoms with Crippen LogP contribution in [0, 0.1) is 0 Å². The molecule has 0 aliphatic heterocycles. The van der Waals surface area contributed by atoms with E-state index in [0.29, 0.717) is 12.2 Å². The largest absolute Gasteiger partial charge is 0.334 e. The minimum atomic E-state index is -0.713. The molecule has 0 spiro atoms. The molecule has 2 heterocycles. The van der Waals surface area contributed by atoms with Gasteiger partial charge in [-0.1, -0.05) is 30.3 Å². The van der Waals surface area contributed by atoms with Crippen LogP contribution in [-0.2, 0) is 11.3 Å². The third-order valence-corrected chi connectivity index (χ3v) is 4.61. The lowest BCUT2D eigenvalue weighted by molar-refractivity contribution is -0.137. The Morgan fingerprint density at radius 1 is 1.04 bits per heavy atom. The second-order valence-corrected chi connectivity index (χ2v) is 6.96.